The van der Waals surface area contributed by atoms with Gasteiger partial charge in [0.1, 0.15) is 11.8 Å². The van der Waals surface area contributed by atoms with E-state index in [0.29, 0.717) is 0 Å². The maximum absolute atomic E-state index is 11.0. The Bertz CT molecular complexity index is 742. The Morgan fingerprint density at radius 3 is 2.56 bits per heavy atom. The topological polar surface area (TPSA) is 60.0 Å². The van der Waals surface area contributed by atoms with Crippen LogP contribution in [0.4, 0.5) is 11.4 Å². The number of benzene rings is 2. The van der Waals surface area contributed by atoms with Crippen LogP contribution in [0.25, 0.3) is 0 Å². The summed E-state index contributed by atoms with van der Waals surface area (Å²) in [5, 5.41) is 11.0. The fourth-order valence-electron chi connectivity index (χ4n) is 3.50. The van der Waals surface area contributed by atoms with E-state index in [4.69, 9.17) is 4.74 Å². The Balaban J connectivity index is 1.67. The second-order valence-corrected chi connectivity index (χ2v) is 6.39. The number of anilines is 1. The fraction of sp³-hybridized carbons (Fsp3) is 0.368. The fourth-order valence-corrected chi connectivity index (χ4v) is 3.50. The molecule has 1 aliphatic rings. The Labute approximate surface area is 147 Å². The molecule has 0 aromatic heterocycles. The number of hydrogen-bond acceptors (Lipinski definition) is 4. The molecule has 1 atom stereocenters. The van der Waals surface area contributed by atoms with Crippen molar-refractivity contribution in [2.24, 2.45) is 0 Å². The van der Waals surface area contributed by atoms with Gasteiger partial charge in [-0.15, -0.1) is 0 Å². The van der Waals surface area contributed by atoms with Gasteiger partial charge in [-0.1, -0.05) is 24.3 Å². The molecule has 0 radical (unpaired) electrons. The number of methoxy groups -OCH3 is 1. The Morgan fingerprint density at radius 1 is 1.16 bits per heavy atom. The van der Waals surface area contributed by atoms with Gasteiger partial charge >= 0.3 is 0 Å². The molecule has 132 valence electrons. The van der Waals surface area contributed by atoms with Gasteiger partial charge in [-0.2, -0.15) is 0 Å². The van der Waals surface area contributed by atoms with Crippen molar-refractivity contribution in [1.29, 1.82) is 0 Å². The number of non-ortho nitro benzene ring substituents is 1. The van der Waals surface area contributed by atoms with Crippen LogP contribution in [0, 0.1) is 10.1 Å². The van der Waals surface area contributed by atoms with Crippen molar-refractivity contribution >= 4 is 11.4 Å². The van der Waals surface area contributed by atoms with Gasteiger partial charge in [0.2, 0.25) is 0 Å². The highest BCUT2D eigenvalue weighted by molar-refractivity contribution is 5.58. The van der Waals surface area contributed by atoms with Gasteiger partial charge in [-0.3, -0.25) is 10.1 Å². The number of rotatable bonds is 5. The molecule has 2 aromatic carbocycles. The van der Waals surface area contributed by atoms with Gasteiger partial charge < -0.3 is 14.5 Å². The van der Waals surface area contributed by atoms with Crippen LogP contribution in [0.1, 0.15) is 18.5 Å². The predicted octanol–water partition coefficient (Wildman–Crippen LogP) is 2.07. The summed E-state index contributed by atoms with van der Waals surface area (Å²) >= 11 is 0. The molecule has 1 fully saturated rings. The first-order valence-corrected chi connectivity index (χ1v) is 8.57. The van der Waals surface area contributed by atoms with Crippen LogP contribution in [0.2, 0.25) is 0 Å². The quantitative estimate of drug-likeness (QED) is 0.667. The van der Waals surface area contributed by atoms with Crippen LogP contribution in [0.15, 0.2) is 48.5 Å². The molecule has 2 aromatic rings. The highest BCUT2D eigenvalue weighted by Crippen LogP contribution is 2.27. The summed E-state index contributed by atoms with van der Waals surface area (Å²) in [6.45, 7) is 6.00. The monoisotopic (exact) mass is 342 g/mol. The molecule has 6 nitrogen and oxygen atoms in total. The zero-order valence-corrected chi connectivity index (χ0v) is 14.6. The van der Waals surface area contributed by atoms with Gasteiger partial charge in [0.05, 0.1) is 43.9 Å². The minimum atomic E-state index is -0.328. The minimum Gasteiger partial charge on any atom is -0.495 e. The molecule has 1 aliphatic heterocycles. The number of nitro groups is 1. The molecule has 1 heterocycles. The second-order valence-electron chi connectivity index (χ2n) is 6.39. The highest BCUT2D eigenvalue weighted by atomic mass is 16.6. The summed E-state index contributed by atoms with van der Waals surface area (Å²) in [5.41, 5.74) is 2.32. The Kier molecular flexibility index (Phi) is 5.19. The summed E-state index contributed by atoms with van der Waals surface area (Å²) in [7, 11) is 1.70. The zero-order chi connectivity index (χ0) is 17.8. The largest absolute Gasteiger partial charge is 0.495 e. The molecule has 25 heavy (non-hydrogen) atoms. The van der Waals surface area contributed by atoms with Crippen molar-refractivity contribution in [1.82, 2.24) is 0 Å². The number of hydrogen-bond donors (Lipinski definition) is 1. The number of ether oxygens (including phenoxy) is 1. The van der Waals surface area contributed by atoms with E-state index in [1.54, 1.807) is 25.3 Å². The Hall–Kier alpha value is -2.60. The van der Waals surface area contributed by atoms with E-state index in [1.807, 2.05) is 24.3 Å². The van der Waals surface area contributed by atoms with E-state index < -0.39 is 0 Å². The van der Waals surface area contributed by atoms with E-state index >= 15 is 0 Å². The first kappa shape index (κ1) is 17.2. The SMILES string of the molecule is COc1ccccc1N1CC[NH+]([C@H](C)c2cccc([N+](=O)[O-])c2)CC1. The molecule has 0 saturated carbocycles. The lowest BCUT2D eigenvalue weighted by Gasteiger charge is -2.37. The number of nitrogens with one attached hydrogen (secondary N) is 1. The molecular formula is C19H24N3O3+. The first-order valence-electron chi connectivity index (χ1n) is 8.57. The maximum atomic E-state index is 11.0. The van der Waals surface area contributed by atoms with Gasteiger partial charge in [0.25, 0.3) is 5.69 Å². The van der Waals surface area contributed by atoms with E-state index in [1.165, 1.54) is 4.90 Å². The van der Waals surface area contributed by atoms with E-state index in [9.17, 15) is 10.1 Å². The average molecular weight is 342 g/mol. The van der Waals surface area contributed by atoms with Crippen molar-refractivity contribution < 1.29 is 14.6 Å². The van der Waals surface area contributed by atoms with Crippen molar-refractivity contribution in [3.63, 3.8) is 0 Å². The number of nitrogens with zero attached hydrogens (tertiary/aromatic N) is 2. The molecule has 1 N–H and O–H groups in total. The van der Waals surface area contributed by atoms with Gasteiger partial charge in [0, 0.05) is 17.7 Å². The normalized spacial score (nSPS) is 16.5. The van der Waals surface area contributed by atoms with Gasteiger partial charge in [-0.25, -0.2) is 0 Å². The second kappa shape index (κ2) is 7.53. The van der Waals surface area contributed by atoms with Crippen molar-refractivity contribution in [3.8, 4) is 5.75 Å². The van der Waals surface area contributed by atoms with Crippen molar-refractivity contribution in [2.45, 2.75) is 13.0 Å². The summed E-state index contributed by atoms with van der Waals surface area (Å²) in [6.07, 6.45) is 0. The summed E-state index contributed by atoms with van der Waals surface area (Å²) in [5.74, 6) is 0.901. The van der Waals surface area contributed by atoms with E-state index in [-0.39, 0.29) is 16.7 Å². The molecule has 0 amide bonds. The molecule has 6 heteroatoms. The number of piperazine rings is 1. The summed E-state index contributed by atoms with van der Waals surface area (Å²) in [6, 6.07) is 15.3. The molecule has 0 unspecified atom stereocenters. The molecular weight excluding hydrogens is 318 g/mol. The van der Waals surface area contributed by atoms with Crippen LogP contribution in [0.3, 0.4) is 0 Å². The van der Waals surface area contributed by atoms with Gasteiger partial charge in [-0.05, 0) is 19.1 Å². The molecule has 0 spiro atoms. The third-order valence-corrected chi connectivity index (χ3v) is 5.02. The average Bonchev–Trinajstić information content (AvgIpc) is 2.67. The zero-order valence-electron chi connectivity index (χ0n) is 14.6. The predicted molar refractivity (Wildman–Crippen MR) is 97.4 cm³/mol. The van der Waals surface area contributed by atoms with Gasteiger partial charge in [0.15, 0.2) is 0 Å². The van der Waals surface area contributed by atoms with E-state index in [2.05, 4.69) is 17.9 Å². The van der Waals surface area contributed by atoms with Crippen molar-refractivity contribution in [2.75, 3.05) is 38.2 Å². The third kappa shape index (κ3) is 3.74. The van der Waals surface area contributed by atoms with Crippen LogP contribution < -0.4 is 14.5 Å². The van der Waals surface area contributed by atoms with Crippen LogP contribution in [0.5, 0.6) is 5.75 Å². The lowest BCUT2D eigenvalue weighted by atomic mass is 10.1. The lowest BCUT2D eigenvalue weighted by Crippen LogP contribution is -3.14. The summed E-state index contributed by atoms with van der Waals surface area (Å²) < 4.78 is 5.47. The molecule has 0 bridgehead atoms. The number of nitro benzene ring substituents is 1. The van der Waals surface area contributed by atoms with E-state index in [0.717, 1.165) is 43.2 Å². The smallest absolute Gasteiger partial charge is 0.269 e. The number of quaternary nitrogens is 1. The standard InChI is InChI=1S/C19H23N3O3/c1-15(16-6-5-7-17(14-16)22(23)24)20-10-12-21(13-11-20)18-8-3-4-9-19(18)25-2/h3-9,14-15H,10-13H2,1-2H3/p+1/t15-/m1/s1. The Morgan fingerprint density at radius 2 is 1.88 bits per heavy atom. The summed E-state index contributed by atoms with van der Waals surface area (Å²) in [4.78, 5) is 14.5. The first-order chi connectivity index (χ1) is 12.1. The third-order valence-electron chi connectivity index (χ3n) is 5.02. The molecule has 1 saturated heterocycles. The highest BCUT2D eigenvalue weighted by Gasteiger charge is 2.27. The van der Waals surface area contributed by atoms with Crippen LogP contribution in [-0.2, 0) is 0 Å². The number of para-hydroxylation sites is 2. The van der Waals surface area contributed by atoms with Crippen LogP contribution >= 0.6 is 0 Å². The van der Waals surface area contributed by atoms with Crippen molar-refractivity contribution in [3.05, 3.63) is 64.2 Å². The maximum Gasteiger partial charge on any atom is 0.269 e. The minimum absolute atomic E-state index is 0.163. The van der Waals surface area contributed by atoms with Crippen LogP contribution in [-0.4, -0.2) is 38.2 Å². The molecule has 0 aliphatic carbocycles. The molecule has 3 rings (SSSR count). The lowest BCUT2D eigenvalue weighted by molar-refractivity contribution is -0.930.